The maximum Gasteiger partial charge on any atom is 0.135 e. The molecule has 0 aliphatic carbocycles. The fourth-order valence-corrected chi connectivity index (χ4v) is 2.46. The Kier molecular flexibility index (Phi) is 4.53. The molecule has 0 radical (unpaired) electrons. The molecule has 18 heavy (non-hydrogen) atoms. The molecule has 0 aromatic carbocycles. The average Bonchev–Trinajstić information content (AvgIpc) is 2.84. The maximum absolute atomic E-state index is 5.44. The molecule has 0 bridgehead atoms. The molecule has 1 fully saturated rings. The Balaban J connectivity index is 2.11. The van der Waals surface area contributed by atoms with Crippen LogP contribution in [0.1, 0.15) is 31.2 Å². The van der Waals surface area contributed by atoms with Crippen molar-refractivity contribution in [1.82, 2.24) is 9.97 Å². The molecule has 4 nitrogen and oxygen atoms in total. The van der Waals surface area contributed by atoms with E-state index in [2.05, 4.69) is 28.8 Å². The van der Waals surface area contributed by atoms with Crippen molar-refractivity contribution in [1.29, 1.82) is 0 Å². The predicted octanol–water partition coefficient (Wildman–Crippen LogP) is 2.21. The second-order valence-corrected chi connectivity index (χ2v) is 5.13. The van der Waals surface area contributed by atoms with Crippen molar-refractivity contribution in [2.45, 2.75) is 33.1 Å². The van der Waals surface area contributed by atoms with E-state index in [9.17, 15) is 0 Å². The molecular formula is C14H23N3O. The van der Waals surface area contributed by atoms with Crippen molar-refractivity contribution < 1.29 is 4.74 Å². The van der Waals surface area contributed by atoms with Crippen molar-refractivity contribution in [2.75, 3.05) is 31.7 Å². The highest BCUT2D eigenvalue weighted by molar-refractivity contribution is 5.45. The summed E-state index contributed by atoms with van der Waals surface area (Å²) in [6, 6.07) is 0. The minimum absolute atomic E-state index is 0.639. The fourth-order valence-electron chi connectivity index (χ4n) is 2.46. The van der Waals surface area contributed by atoms with Gasteiger partial charge in [-0.05, 0) is 19.8 Å². The molecule has 0 spiro atoms. The van der Waals surface area contributed by atoms with Crippen molar-refractivity contribution in [3.63, 3.8) is 0 Å². The van der Waals surface area contributed by atoms with E-state index in [0.717, 1.165) is 50.7 Å². The van der Waals surface area contributed by atoms with Crippen LogP contribution in [-0.2, 0) is 11.2 Å². The largest absolute Gasteiger partial charge is 0.381 e. The van der Waals surface area contributed by atoms with Gasteiger partial charge in [0.1, 0.15) is 11.6 Å². The van der Waals surface area contributed by atoms with Gasteiger partial charge in [-0.15, -0.1) is 0 Å². The van der Waals surface area contributed by atoms with Gasteiger partial charge in [-0.2, -0.15) is 0 Å². The highest BCUT2D eigenvalue weighted by Gasteiger charge is 2.19. The Morgan fingerprint density at radius 1 is 1.50 bits per heavy atom. The van der Waals surface area contributed by atoms with E-state index in [1.165, 1.54) is 5.56 Å². The molecule has 1 aliphatic rings. The molecule has 1 aromatic rings. The first-order valence-electron chi connectivity index (χ1n) is 6.82. The Morgan fingerprint density at radius 3 is 3.00 bits per heavy atom. The number of rotatable bonds is 5. The van der Waals surface area contributed by atoms with Crippen LogP contribution in [-0.4, -0.2) is 36.8 Å². The van der Waals surface area contributed by atoms with Gasteiger partial charge < -0.3 is 9.64 Å². The Bertz CT molecular complexity index is 389. The third-order valence-corrected chi connectivity index (χ3v) is 3.40. The molecular weight excluding hydrogens is 226 g/mol. The molecule has 0 saturated carbocycles. The zero-order valence-corrected chi connectivity index (χ0v) is 11.6. The fraction of sp³-hybridized carbons (Fsp3) is 0.714. The van der Waals surface area contributed by atoms with Crippen molar-refractivity contribution in [3.05, 3.63) is 17.6 Å². The van der Waals surface area contributed by atoms with E-state index in [1.54, 1.807) is 0 Å². The summed E-state index contributed by atoms with van der Waals surface area (Å²) >= 11 is 0. The number of aryl methyl sites for hydroxylation is 2. The summed E-state index contributed by atoms with van der Waals surface area (Å²) in [5.41, 5.74) is 1.25. The third kappa shape index (κ3) is 3.19. The Hall–Kier alpha value is -1.16. The van der Waals surface area contributed by atoms with Crippen molar-refractivity contribution >= 4 is 5.82 Å². The number of hydrogen-bond acceptors (Lipinski definition) is 4. The number of anilines is 1. The van der Waals surface area contributed by atoms with Crippen LogP contribution < -0.4 is 4.90 Å². The van der Waals surface area contributed by atoms with Crippen molar-refractivity contribution in [2.24, 2.45) is 5.92 Å². The van der Waals surface area contributed by atoms with Gasteiger partial charge in [-0.3, -0.25) is 0 Å². The van der Waals surface area contributed by atoms with E-state index in [-0.39, 0.29) is 0 Å². The molecule has 0 amide bonds. The van der Waals surface area contributed by atoms with Crippen LogP contribution in [0.2, 0.25) is 0 Å². The summed E-state index contributed by atoms with van der Waals surface area (Å²) in [5, 5.41) is 0. The minimum Gasteiger partial charge on any atom is -0.381 e. The monoisotopic (exact) mass is 249 g/mol. The summed E-state index contributed by atoms with van der Waals surface area (Å²) < 4.78 is 5.44. The van der Waals surface area contributed by atoms with Gasteiger partial charge in [0.2, 0.25) is 0 Å². The predicted molar refractivity (Wildman–Crippen MR) is 73.0 cm³/mol. The second-order valence-electron chi connectivity index (χ2n) is 5.13. The molecule has 0 unspecified atom stereocenters. The minimum atomic E-state index is 0.639. The first-order valence-corrected chi connectivity index (χ1v) is 6.82. The van der Waals surface area contributed by atoms with E-state index in [4.69, 9.17) is 4.74 Å². The first-order chi connectivity index (χ1) is 8.70. The van der Waals surface area contributed by atoms with Crippen LogP contribution >= 0.6 is 0 Å². The van der Waals surface area contributed by atoms with E-state index in [0.29, 0.717) is 5.92 Å². The van der Waals surface area contributed by atoms with Crippen LogP contribution in [0.3, 0.4) is 0 Å². The van der Waals surface area contributed by atoms with Crippen LogP contribution in [0.15, 0.2) is 6.20 Å². The maximum atomic E-state index is 5.44. The molecule has 1 aromatic heterocycles. The summed E-state index contributed by atoms with van der Waals surface area (Å²) in [7, 11) is 2.12. The van der Waals surface area contributed by atoms with Gasteiger partial charge in [-0.1, -0.05) is 13.3 Å². The smallest absolute Gasteiger partial charge is 0.135 e. The van der Waals surface area contributed by atoms with E-state index < -0.39 is 0 Å². The molecule has 1 aliphatic heterocycles. The zero-order valence-electron chi connectivity index (χ0n) is 11.6. The molecule has 1 atom stereocenters. The van der Waals surface area contributed by atoms with Gasteiger partial charge in [0, 0.05) is 37.9 Å². The lowest BCUT2D eigenvalue weighted by molar-refractivity contribution is 0.186. The number of hydrogen-bond donors (Lipinski definition) is 0. The van der Waals surface area contributed by atoms with Crippen LogP contribution in [0.4, 0.5) is 5.82 Å². The molecule has 0 N–H and O–H groups in total. The summed E-state index contributed by atoms with van der Waals surface area (Å²) in [5.74, 6) is 2.58. The number of ether oxygens (including phenoxy) is 1. The van der Waals surface area contributed by atoms with Gasteiger partial charge >= 0.3 is 0 Å². The lowest BCUT2D eigenvalue weighted by atomic mass is 10.1. The van der Waals surface area contributed by atoms with Gasteiger partial charge in [0.15, 0.2) is 0 Å². The van der Waals surface area contributed by atoms with Crippen LogP contribution in [0.5, 0.6) is 0 Å². The topological polar surface area (TPSA) is 38.2 Å². The first kappa shape index (κ1) is 13.3. The SMILES string of the molecule is CCCc1cnc(C)nc1N(C)C[C@H]1CCOC1. The number of aromatic nitrogens is 2. The van der Waals surface area contributed by atoms with Gasteiger partial charge in [-0.25, -0.2) is 9.97 Å². The zero-order chi connectivity index (χ0) is 13.0. The van der Waals surface area contributed by atoms with Gasteiger partial charge in [0.25, 0.3) is 0 Å². The molecule has 100 valence electrons. The quantitative estimate of drug-likeness (QED) is 0.802. The van der Waals surface area contributed by atoms with Crippen molar-refractivity contribution in [3.8, 4) is 0 Å². The third-order valence-electron chi connectivity index (χ3n) is 3.40. The van der Waals surface area contributed by atoms with E-state index in [1.807, 2.05) is 13.1 Å². The second kappa shape index (κ2) is 6.14. The molecule has 2 rings (SSSR count). The summed E-state index contributed by atoms with van der Waals surface area (Å²) in [6.07, 6.45) is 5.31. The molecule has 1 saturated heterocycles. The molecule has 4 heteroatoms. The van der Waals surface area contributed by atoms with Crippen LogP contribution in [0.25, 0.3) is 0 Å². The summed E-state index contributed by atoms with van der Waals surface area (Å²) in [6.45, 7) is 6.95. The lowest BCUT2D eigenvalue weighted by Crippen LogP contribution is -2.27. The van der Waals surface area contributed by atoms with Gasteiger partial charge in [0.05, 0.1) is 6.61 Å². The highest BCUT2D eigenvalue weighted by Crippen LogP contribution is 2.21. The normalized spacial score (nSPS) is 19.2. The lowest BCUT2D eigenvalue weighted by Gasteiger charge is -2.23. The van der Waals surface area contributed by atoms with E-state index >= 15 is 0 Å². The number of nitrogens with zero attached hydrogens (tertiary/aromatic N) is 3. The standard InChI is InChI=1S/C14H23N3O/c1-4-5-13-8-15-11(2)16-14(13)17(3)9-12-6-7-18-10-12/h8,12H,4-7,9-10H2,1-3H3/t12-/m1/s1. The average molecular weight is 249 g/mol. The highest BCUT2D eigenvalue weighted by atomic mass is 16.5. The molecule has 2 heterocycles. The Morgan fingerprint density at radius 2 is 2.33 bits per heavy atom. The Labute approximate surface area is 109 Å². The van der Waals surface area contributed by atoms with Crippen LogP contribution in [0, 0.1) is 12.8 Å². The summed E-state index contributed by atoms with van der Waals surface area (Å²) in [4.78, 5) is 11.2.